The summed E-state index contributed by atoms with van der Waals surface area (Å²) in [6.07, 6.45) is 2.83. The summed E-state index contributed by atoms with van der Waals surface area (Å²) in [6.45, 7) is 2.05. The van der Waals surface area contributed by atoms with E-state index in [4.69, 9.17) is 5.73 Å². The van der Waals surface area contributed by atoms with Crippen LogP contribution in [0.4, 0.5) is 4.39 Å². The van der Waals surface area contributed by atoms with E-state index in [1.54, 1.807) is 47.0 Å². The summed E-state index contributed by atoms with van der Waals surface area (Å²) >= 11 is 4.74. The maximum Gasteiger partial charge on any atom is 0.175 e. The van der Waals surface area contributed by atoms with Gasteiger partial charge >= 0.3 is 0 Å². The molecule has 0 amide bonds. The second-order valence-corrected chi connectivity index (χ2v) is 7.62. The third kappa shape index (κ3) is 3.94. The summed E-state index contributed by atoms with van der Waals surface area (Å²) in [6, 6.07) is 6.52. The molecule has 1 aromatic carbocycles. The molecule has 2 rings (SSSR count). The number of hydrogen-bond donors (Lipinski definition) is 1. The molecule has 0 radical (unpaired) electrons. The highest BCUT2D eigenvalue weighted by Gasteiger charge is 2.22. The number of hydrogen-bond acceptors (Lipinski definition) is 6. The van der Waals surface area contributed by atoms with Crippen molar-refractivity contribution in [2.45, 2.75) is 33.3 Å². The molecule has 20 heavy (non-hydrogen) atoms. The lowest BCUT2D eigenvalue weighted by molar-refractivity contribution is 0.617. The van der Waals surface area contributed by atoms with Gasteiger partial charge in [0.05, 0.1) is 5.25 Å². The smallest absolute Gasteiger partial charge is 0.175 e. The summed E-state index contributed by atoms with van der Waals surface area (Å²) in [4.78, 5) is 0. The minimum atomic E-state index is -0.233. The van der Waals surface area contributed by atoms with E-state index in [-0.39, 0.29) is 17.1 Å². The predicted octanol–water partition coefficient (Wildman–Crippen LogP) is 3.97. The first-order valence-electron chi connectivity index (χ1n) is 6.19. The molecule has 0 fully saturated rings. The van der Waals surface area contributed by atoms with Gasteiger partial charge in [-0.1, -0.05) is 53.9 Å². The van der Waals surface area contributed by atoms with Crippen LogP contribution in [0.3, 0.4) is 0 Å². The predicted molar refractivity (Wildman–Crippen MR) is 85.0 cm³/mol. The van der Waals surface area contributed by atoms with Crippen LogP contribution >= 0.6 is 34.9 Å². The van der Waals surface area contributed by atoms with Crippen molar-refractivity contribution in [2.24, 2.45) is 5.73 Å². The van der Waals surface area contributed by atoms with Gasteiger partial charge in [-0.2, -0.15) is 0 Å². The third-order valence-corrected chi connectivity index (χ3v) is 6.24. The summed E-state index contributed by atoms with van der Waals surface area (Å²) in [5, 5.41) is 8.32. The van der Waals surface area contributed by atoms with Gasteiger partial charge in [0.2, 0.25) is 0 Å². The van der Waals surface area contributed by atoms with E-state index in [9.17, 15) is 4.39 Å². The molecule has 0 aliphatic rings. The second-order valence-electron chi connectivity index (χ2n) is 4.20. The van der Waals surface area contributed by atoms with Crippen molar-refractivity contribution >= 4 is 34.9 Å². The van der Waals surface area contributed by atoms with Gasteiger partial charge in [-0.3, -0.25) is 0 Å². The first-order valence-corrected chi connectivity index (χ1v) is 9.11. The monoisotopic (exact) mass is 329 g/mol. The van der Waals surface area contributed by atoms with Crippen LogP contribution in [0.15, 0.2) is 32.9 Å². The Bertz CT molecular complexity index is 544. The maximum atomic E-state index is 13.0. The zero-order valence-corrected chi connectivity index (χ0v) is 13.7. The molecule has 108 valence electrons. The van der Waals surface area contributed by atoms with Crippen LogP contribution in [-0.2, 0) is 0 Å². The molecular formula is C13H16FN3S3. The lowest BCUT2D eigenvalue weighted by atomic mass is 10.0. The summed E-state index contributed by atoms with van der Waals surface area (Å²) < 4.78 is 14.9. The Morgan fingerprint density at radius 1 is 1.25 bits per heavy atom. The second kappa shape index (κ2) is 7.40. The number of rotatable bonds is 6. The molecule has 0 spiro atoms. The fraction of sp³-hybridized carbons (Fsp3) is 0.385. The van der Waals surface area contributed by atoms with Crippen LogP contribution < -0.4 is 5.73 Å². The van der Waals surface area contributed by atoms with E-state index in [0.29, 0.717) is 0 Å². The number of nitrogens with zero attached hydrogens (tertiary/aromatic N) is 2. The molecule has 2 unspecified atom stereocenters. The minimum absolute atomic E-state index is 0.00732. The molecule has 2 atom stereocenters. The van der Waals surface area contributed by atoms with Crippen LogP contribution in [-0.4, -0.2) is 22.5 Å². The van der Waals surface area contributed by atoms with Gasteiger partial charge in [0, 0.05) is 6.04 Å². The van der Waals surface area contributed by atoms with Crippen molar-refractivity contribution in [3.05, 3.63) is 35.6 Å². The fourth-order valence-electron chi connectivity index (χ4n) is 1.71. The molecule has 7 heteroatoms. The van der Waals surface area contributed by atoms with Gasteiger partial charge in [-0.05, 0) is 30.4 Å². The molecular weight excluding hydrogens is 313 g/mol. The van der Waals surface area contributed by atoms with Crippen molar-refractivity contribution in [2.75, 3.05) is 6.26 Å². The quantitative estimate of drug-likeness (QED) is 0.813. The molecule has 0 aliphatic heterocycles. The van der Waals surface area contributed by atoms with Crippen LogP contribution in [0.1, 0.15) is 24.2 Å². The van der Waals surface area contributed by atoms with E-state index < -0.39 is 0 Å². The topological polar surface area (TPSA) is 51.8 Å². The number of aromatic nitrogens is 2. The van der Waals surface area contributed by atoms with Gasteiger partial charge in [-0.25, -0.2) is 4.39 Å². The summed E-state index contributed by atoms with van der Waals surface area (Å²) in [5.74, 6) is -0.233. The highest BCUT2D eigenvalue weighted by molar-refractivity contribution is 8.03. The van der Waals surface area contributed by atoms with Crippen LogP contribution in [0.5, 0.6) is 0 Å². The largest absolute Gasteiger partial charge is 0.326 e. The van der Waals surface area contributed by atoms with Crippen LogP contribution in [0.25, 0.3) is 0 Å². The molecule has 0 saturated heterocycles. The first kappa shape index (κ1) is 15.8. The molecule has 1 aromatic heterocycles. The van der Waals surface area contributed by atoms with E-state index >= 15 is 0 Å². The third-order valence-electron chi connectivity index (χ3n) is 2.85. The van der Waals surface area contributed by atoms with Gasteiger partial charge in [0.15, 0.2) is 8.68 Å². The van der Waals surface area contributed by atoms with E-state index in [2.05, 4.69) is 17.1 Å². The Hall–Kier alpha value is -0.630. The first-order chi connectivity index (χ1) is 9.63. The van der Waals surface area contributed by atoms with E-state index in [1.165, 1.54) is 12.1 Å². The summed E-state index contributed by atoms with van der Waals surface area (Å²) in [5.41, 5.74) is 7.23. The average molecular weight is 329 g/mol. The molecule has 0 aliphatic carbocycles. The zero-order chi connectivity index (χ0) is 14.5. The van der Waals surface area contributed by atoms with Crippen molar-refractivity contribution in [3.8, 4) is 0 Å². The average Bonchev–Trinajstić information content (AvgIpc) is 2.93. The van der Waals surface area contributed by atoms with Crippen molar-refractivity contribution < 1.29 is 4.39 Å². The Kier molecular flexibility index (Phi) is 5.83. The number of halogens is 1. The normalized spacial score (nSPS) is 14.2. The molecule has 0 saturated carbocycles. The van der Waals surface area contributed by atoms with Crippen LogP contribution in [0, 0.1) is 5.82 Å². The standard InChI is InChI=1S/C13H16FN3S3/c1-3-10(15)11(8-4-6-9(14)7-5-8)19-13-17-16-12(18-2)20-13/h4-7,10-11H,3,15H2,1-2H3. The Morgan fingerprint density at radius 2 is 1.90 bits per heavy atom. The Balaban J connectivity index is 2.21. The molecule has 0 bridgehead atoms. The lowest BCUT2D eigenvalue weighted by Crippen LogP contribution is -2.25. The fourth-order valence-corrected chi connectivity index (χ4v) is 4.57. The Morgan fingerprint density at radius 3 is 2.45 bits per heavy atom. The van der Waals surface area contributed by atoms with E-state index in [0.717, 1.165) is 20.7 Å². The van der Waals surface area contributed by atoms with Crippen LogP contribution in [0.2, 0.25) is 0 Å². The molecule has 3 nitrogen and oxygen atoms in total. The van der Waals surface area contributed by atoms with Gasteiger partial charge in [-0.15, -0.1) is 10.2 Å². The van der Waals surface area contributed by atoms with Crippen molar-refractivity contribution in [1.29, 1.82) is 0 Å². The number of benzene rings is 1. The highest BCUT2D eigenvalue weighted by atomic mass is 32.2. The van der Waals surface area contributed by atoms with E-state index in [1.807, 2.05) is 6.26 Å². The Labute approximate surface area is 130 Å². The minimum Gasteiger partial charge on any atom is -0.326 e. The summed E-state index contributed by atoms with van der Waals surface area (Å²) in [7, 11) is 0. The highest BCUT2D eigenvalue weighted by Crippen LogP contribution is 2.40. The zero-order valence-electron chi connectivity index (χ0n) is 11.2. The lowest BCUT2D eigenvalue weighted by Gasteiger charge is -2.21. The van der Waals surface area contributed by atoms with Gasteiger partial charge < -0.3 is 5.73 Å². The van der Waals surface area contributed by atoms with Crippen molar-refractivity contribution in [1.82, 2.24) is 10.2 Å². The number of thioether (sulfide) groups is 2. The van der Waals surface area contributed by atoms with Gasteiger partial charge in [0.1, 0.15) is 5.82 Å². The van der Waals surface area contributed by atoms with Gasteiger partial charge in [0.25, 0.3) is 0 Å². The SMILES string of the molecule is CCC(N)C(Sc1nnc(SC)s1)c1ccc(F)cc1. The molecule has 2 aromatic rings. The molecule has 1 heterocycles. The van der Waals surface area contributed by atoms with Crippen molar-refractivity contribution in [3.63, 3.8) is 0 Å². The number of nitrogens with two attached hydrogens (primary N) is 1. The maximum absolute atomic E-state index is 13.0. The molecule has 2 N–H and O–H groups in total.